The van der Waals surface area contributed by atoms with Crippen LogP contribution in [0.3, 0.4) is 0 Å². The number of hydrogen-bond acceptors (Lipinski definition) is 5. The van der Waals surface area contributed by atoms with E-state index in [-0.39, 0.29) is 5.96 Å². The number of oxime groups is 1. The SMILES string of the molecule is NC(=NO)N1CC2C(/C=C/c3c(-c4c(Cl)cncc4Cl)noc3C3CC3)C2C1. The lowest BCUT2D eigenvalue weighted by molar-refractivity contribution is 0.300. The predicted molar refractivity (Wildman–Crippen MR) is 106 cm³/mol. The molecule has 3 N–H and O–H groups in total. The molecule has 146 valence electrons. The van der Waals surface area contributed by atoms with Gasteiger partial charge in [0.2, 0.25) is 5.96 Å². The van der Waals surface area contributed by atoms with Crippen LogP contribution in [0.15, 0.2) is 28.1 Å². The molecule has 3 aliphatic rings. The van der Waals surface area contributed by atoms with Crippen molar-refractivity contribution in [1.82, 2.24) is 15.0 Å². The maximum absolute atomic E-state index is 8.83. The van der Waals surface area contributed by atoms with Crippen molar-refractivity contribution in [2.75, 3.05) is 13.1 Å². The quantitative estimate of drug-likeness (QED) is 0.338. The van der Waals surface area contributed by atoms with Crippen molar-refractivity contribution < 1.29 is 9.73 Å². The molecular weight excluding hydrogens is 401 g/mol. The van der Waals surface area contributed by atoms with Gasteiger partial charge in [-0.25, -0.2) is 0 Å². The Morgan fingerprint density at radius 2 is 1.93 bits per heavy atom. The molecule has 7 nitrogen and oxygen atoms in total. The van der Waals surface area contributed by atoms with Crippen LogP contribution >= 0.6 is 23.2 Å². The van der Waals surface area contributed by atoms with Crippen LogP contribution in [0.2, 0.25) is 10.0 Å². The zero-order valence-corrected chi connectivity index (χ0v) is 16.4. The lowest BCUT2D eigenvalue weighted by atomic mass is 10.0. The maximum Gasteiger partial charge on any atom is 0.233 e. The summed E-state index contributed by atoms with van der Waals surface area (Å²) in [7, 11) is 0. The van der Waals surface area contributed by atoms with Crippen LogP contribution in [0.4, 0.5) is 0 Å². The number of hydrogen-bond donors (Lipinski definition) is 2. The number of nitrogens with two attached hydrogens (primary N) is 1. The summed E-state index contributed by atoms with van der Waals surface area (Å²) in [6.45, 7) is 1.62. The van der Waals surface area contributed by atoms with Crippen molar-refractivity contribution >= 4 is 35.2 Å². The molecule has 0 bridgehead atoms. The highest BCUT2D eigenvalue weighted by Gasteiger charge is 2.54. The first-order valence-electron chi connectivity index (χ1n) is 9.28. The molecule has 1 saturated heterocycles. The molecule has 0 radical (unpaired) electrons. The summed E-state index contributed by atoms with van der Waals surface area (Å²) in [6, 6.07) is 0. The van der Waals surface area contributed by atoms with E-state index in [2.05, 4.69) is 27.4 Å². The Hall–Kier alpha value is -2.25. The van der Waals surface area contributed by atoms with Crippen LogP contribution in [0.1, 0.15) is 30.1 Å². The van der Waals surface area contributed by atoms with Gasteiger partial charge in [-0.3, -0.25) is 4.98 Å². The predicted octanol–water partition coefficient (Wildman–Crippen LogP) is 3.82. The van der Waals surface area contributed by atoms with Crippen LogP contribution in [-0.4, -0.2) is 39.3 Å². The molecule has 0 amide bonds. The Bertz CT molecular complexity index is 952. The van der Waals surface area contributed by atoms with Crippen LogP contribution in [0.5, 0.6) is 0 Å². The lowest BCUT2D eigenvalue weighted by Crippen LogP contribution is -2.37. The van der Waals surface area contributed by atoms with Crippen LogP contribution < -0.4 is 5.73 Å². The number of fused-ring (bicyclic) bond motifs is 1. The molecule has 0 aromatic carbocycles. The van der Waals surface area contributed by atoms with Crippen molar-refractivity contribution in [1.29, 1.82) is 0 Å². The molecule has 28 heavy (non-hydrogen) atoms. The number of pyridine rings is 1. The van der Waals surface area contributed by atoms with Gasteiger partial charge in [0.25, 0.3) is 0 Å². The van der Waals surface area contributed by atoms with E-state index in [1.807, 2.05) is 4.90 Å². The highest BCUT2D eigenvalue weighted by molar-refractivity contribution is 6.39. The number of guanidine groups is 1. The molecule has 1 aliphatic heterocycles. The van der Waals surface area contributed by atoms with Crippen molar-refractivity contribution in [3.63, 3.8) is 0 Å². The summed E-state index contributed by atoms with van der Waals surface area (Å²) in [5, 5.41) is 17.1. The molecule has 2 saturated carbocycles. The fraction of sp³-hybridized carbons (Fsp3) is 0.421. The second-order valence-corrected chi connectivity index (χ2v) is 8.50. The number of piperidine rings is 1. The fourth-order valence-corrected chi connectivity index (χ4v) is 4.79. The zero-order chi connectivity index (χ0) is 19.4. The largest absolute Gasteiger partial charge is 0.408 e. The average molecular weight is 420 g/mol. The summed E-state index contributed by atoms with van der Waals surface area (Å²) in [4.78, 5) is 5.94. The molecule has 2 aromatic heterocycles. The lowest BCUT2D eigenvalue weighted by Gasteiger charge is -2.18. The van der Waals surface area contributed by atoms with E-state index in [1.165, 1.54) is 0 Å². The fourth-order valence-electron chi connectivity index (χ4n) is 4.24. The summed E-state index contributed by atoms with van der Waals surface area (Å²) in [5.74, 6) is 3.03. The molecule has 2 aromatic rings. The Morgan fingerprint density at radius 3 is 2.54 bits per heavy atom. The normalized spacial score (nSPS) is 26.9. The summed E-state index contributed by atoms with van der Waals surface area (Å²) in [5.41, 5.74) is 7.96. The summed E-state index contributed by atoms with van der Waals surface area (Å²) >= 11 is 12.7. The van der Waals surface area contributed by atoms with Crippen LogP contribution in [0, 0.1) is 17.8 Å². The zero-order valence-electron chi connectivity index (χ0n) is 14.9. The molecule has 2 unspecified atom stereocenters. The van der Waals surface area contributed by atoms with E-state index in [0.29, 0.717) is 45.0 Å². The second kappa shape index (κ2) is 6.67. The number of likely N-dealkylation sites (tertiary alicyclic amines) is 1. The molecule has 3 fully saturated rings. The first-order valence-corrected chi connectivity index (χ1v) is 10.0. The minimum atomic E-state index is 0.189. The topological polar surface area (TPSA) is 101 Å². The Kier molecular flexibility index (Phi) is 4.25. The van der Waals surface area contributed by atoms with E-state index >= 15 is 0 Å². The number of halogens is 2. The van der Waals surface area contributed by atoms with Gasteiger partial charge in [0.1, 0.15) is 11.5 Å². The van der Waals surface area contributed by atoms with Gasteiger partial charge >= 0.3 is 0 Å². The Balaban J connectivity index is 1.42. The van der Waals surface area contributed by atoms with Gasteiger partial charge in [-0.1, -0.05) is 45.7 Å². The summed E-state index contributed by atoms with van der Waals surface area (Å²) < 4.78 is 5.69. The molecule has 0 spiro atoms. The standard InChI is InChI=1S/C19H19Cl2N5O2/c20-14-5-23-6-15(21)16(14)17-11(18(28-25-17)9-1-2-9)4-3-10-12-7-26(8-13(10)12)19(22)24-27/h3-6,9-10,12-13,27H,1-2,7-8H2,(H2,22,24)/b4-3+. The van der Waals surface area contributed by atoms with E-state index in [9.17, 15) is 0 Å². The van der Waals surface area contributed by atoms with Crippen molar-refractivity contribution in [2.45, 2.75) is 18.8 Å². The van der Waals surface area contributed by atoms with E-state index in [1.54, 1.807) is 12.4 Å². The van der Waals surface area contributed by atoms with E-state index in [0.717, 1.165) is 37.3 Å². The molecule has 5 rings (SSSR count). The number of allylic oxidation sites excluding steroid dienone is 1. The average Bonchev–Trinajstić information content (AvgIpc) is 3.55. The molecule has 2 aliphatic carbocycles. The molecular formula is C19H19Cl2N5O2. The van der Waals surface area contributed by atoms with Gasteiger partial charge in [-0.05, 0) is 30.6 Å². The third-order valence-corrected chi connectivity index (χ3v) is 6.54. The van der Waals surface area contributed by atoms with Crippen LogP contribution in [0.25, 0.3) is 17.3 Å². The van der Waals surface area contributed by atoms with Gasteiger partial charge in [-0.2, -0.15) is 0 Å². The van der Waals surface area contributed by atoms with Gasteiger partial charge in [-0.15, -0.1) is 0 Å². The monoisotopic (exact) mass is 419 g/mol. The summed E-state index contributed by atoms with van der Waals surface area (Å²) in [6.07, 6.45) is 9.67. The van der Waals surface area contributed by atoms with Gasteiger partial charge in [0, 0.05) is 42.5 Å². The minimum Gasteiger partial charge on any atom is -0.408 e. The first kappa shape index (κ1) is 17.8. The Morgan fingerprint density at radius 1 is 1.25 bits per heavy atom. The van der Waals surface area contributed by atoms with Crippen molar-refractivity contribution in [3.05, 3.63) is 39.8 Å². The smallest absolute Gasteiger partial charge is 0.233 e. The molecule has 9 heteroatoms. The number of aromatic nitrogens is 2. The van der Waals surface area contributed by atoms with Gasteiger partial charge in [0.15, 0.2) is 0 Å². The second-order valence-electron chi connectivity index (χ2n) is 7.69. The first-order chi connectivity index (χ1) is 13.6. The number of nitrogens with zero attached hydrogens (tertiary/aromatic N) is 4. The maximum atomic E-state index is 8.83. The molecule has 3 heterocycles. The highest BCUT2D eigenvalue weighted by atomic mass is 35.5. The van der Waals surface area contributed by atoms with Crippen molar-refractivity contribution in [3.8, 4) is 11.3 Å². The Labute approximate surface area is 171 Å². The third kappa shape index (κ3) is 2.93. The van der Waals surface area contributed by atoms with E-state index in [4.69, 9.17) is 38.7 Å². The van der Waals surface area contributed by atoms with E-state index < -0.39 is 0 Å². The van der Waals surface area contributed by atoms with Crippen molar-refractivity contribution in [2.24, 2.45) is 28.6 Å². The number of rotatable bonds is 4. The van der Waals surface area contributed by atoms with Gasteiger partial charge in [0.05, 0.1) is 10.0 Å². The highest BCUT2D eigenvalue weighted by Crippen LogP contribution is 2.53. The van der Waals surface area contributed by atoms with Gasteiger partial charge < -0.3 is 20.4 Å². The minimum absolute atomic E-state index is 0.189. The van der Waals surface area contributed by atoms with Crippen LogP contribution in [-0.2, 0) is 0 Å². The molecule has 2 atom stereocenters. The third-order valence-electron chi connectivity index (χ3n) is 5.97.